The fraction of sp³-hybridized carbons (Fsp3) is 0.714. The molecule has 1 fully saturated rings. The normalized spacial score (nSPS) is 23.5. The van der Waals surface area contributed by atoms with Gasteiger partial charge in [0.05, 0.1) is 0 Å². The number of aryl methyl sites for hydroxylation is 2. The Kier molecular flexibility index (Phi) is 2.77. The van der Waals surface area contributed by atoms with Crippen molar-refractivity contribution in [1.29, 1.82) is 0 Å². The molecule has 3 heteroatoms. The molecule has 3 nitrogen and oxygen atoms in total. The van der Waals surface area contributed by atoms with E-state index < -0.39 is 0 Å². The number of hydrogen-bond donors (Lipinski definition) is 0. The summed E-state index contributed by atoms with van der Waals surface area (Å²) < 4.78 is 0. The van der Waals surface area contributed by atoms with Gasteiger partial charge in [-0.1, -0.05) is 13.8 Å². The van der Waals surface area contributed by atoms with Gasteiger partial charge in [0.25, 0.3) is 0 Å². The third kappa shape index (κ3) is 2.03. The molecule has 92 valence electrons. The van der Waals surface area contributed by atoms with E-state index in [1.54, 1.807) is 0 Å². The topological polar surface area (TPSA) is 29.0 Å². The van der Waals surface area contributed by atoms with Crippen molar-refractivity contribution < 1.29 is 0 Å². The Morgan fingerprint density at radius 2 is 2.24 bits per heavy atom. The summed E-state index contributed by atoms with van der Waals surface area (Å²) in [6.45, 7) is 6.90. The first kappa shape index (κ1) is 11.0. The van der Waals surface area contributed by atoms with Gasteiger partial charge in [-0.25, -0.2) is 9.97 Å². The second-order valence-electron chi connectivity index (χ2n) is 5.73. The van der Waals surface area contributed by atoms with E-state index in [0.29, 0.717) is 0 Å². The Morgan fingerprint density at radius 3 is 3.00 bits per heavy atom. The molecule has 1 aliphatic carbocycles. The van der Waals surface area contributed by atoms with Crippen LogP contribution in [0, 0.1) is 11.8 Å². The zero-order chi connectivity index (χ0) is 11.8. The fourth-order valence-corrected chi connectivity index (χ4v) is 2.97. The van der Waals surface area contributed by atoms with Crippen LogP contribution in [-0.2, 0) is 12.8 Å². The fourth-order valence-electron chi connectivity index (χ4n) is 2.97. The lowest BCUT2D eigenvalue weighted by molar-refractivity contribution is 0.422. The first-order valence-corrected chi connectivity index (χ1v) is 6.84. The van der Waals surface area contributed by atoms with Crippen LogP contribution in [0.25, 0.3) is 0 Å². The van der Waals surface area contributed by atoms with Crippen molar-refractivity contribution in [1.82, 2.24) is 9.97 Å². The molecule has 0 radical (unpaired) electrons. The van der Waals surface area contributed by atoms with Gasteiger partial charge in [-0.3, -0.25) is 0 Å². The molecule has 1 aromatic rings. The quantitative estimate of drug-likeness (QED) is 0.783. The van der Waals surface area contributed by atoms with Crippen molar-refractivity contribution in [2.45, 2.75) is 39.5 Å². The van der Waals surface area contributed by atoms with Crippen molar-refractivity contribution in [2.75, 3.05) is 18.0 Å². The number of aromatic nitrogens is 2. The molecule has 1 aromatic heterocycles. The first-order valence-electron chi connectivity index (χ1n) is 6.84. The van der Waals surface area contributed by atoms with E-state index in [9.17, 15) is 0 Å². The molecule has 0 bridgehead atoms. The number of hydrogen-bond acceptors (Lipinski definition) is 3. The second-order valence-corrected chi connectivity index (χ2v) is 5.73. The summed E-state index contributed by atoms with van der Waals surface area (Å²) in [5.74, 6) is 2.55. The summed E-state index contributed by atoms with van der Waals surface area (Å²) in [7, 11) is 0. The van der Waals surface area contributed by atoms with Crippen molar-refractivity contribution in [2.24, 2.45) is 11.8 Å². The Labute approximate surface area is 103 Å². The van der Waals surface area contributed by atoms with E-state index in [-0.39, 0.29) is 0 Å². The maximum absolute atomic E-state index is 4.74. The zero-order valence-electron chi connectivity index (χ0n) is 10.8. The van der Waals surface area contributed by atoms with Gasteiger partial charge < -0.3 is 4.90 Å². The lowest BCUT2D eigenvalue weighted by Crippen LogP contribution is -2.23. The predicted molar refractivity (Wildman–Crippen MR) is 69.2 cm³/mol. The van der Waals surface area contributed by atoms with Crippen LogP contribution in [0.1, 0.15) is 37.9 Å². The smallest absolute Gasteiger partial charge is 0.225 e. The van der Waals surface area contributed by atoms with Crippen molar-refractivity contribution in [3.63, 3.8) is 0 Å². The van der Waals surface area contributed by atoms with Gasteiger partial charge in [0.1, 0.15) is 0 Å². The van der Waals surface area contributed by atoms with Crippen LogP contribution in [0.5, 0.6) is 0 Å². The van der Waals surface area contributed by atoms with Gasteiger partial charge in [-0.2, -0.15) is 0 Å². The van der Waals surface area contributed by atoms with Crippen LogP contribution in [0.3, 0.4) is 0 Å². The van der Waals surface area contributed by atoms with Crippen molar-refractivity contribution in [3.8, 4) is 0 Å². The van der Waals surface area contributed by atoms with E-state index in [1.807, 2.05) is 6.20 Å². The molecule has 1 aliphatic heterocycles. The van der Waals surface area contributed by atoms with Gasteiger partial charge in [0.2, 0.25) is 5.95 Å². The van der Waals surface area contributed by atoms with Crippen LogP contribution in [0.15, 0.2) is 6.20 Å². The van der Waals surface area contributed by atoms with Gasteiger partial charge in [0, 0.05) is 25.0 Å². The van der Waals surface area contributed by atoms with Gasteiger partial charge in [-0.15, -0.1) is 0 Å². The molecule has 0 amide bonds. The molecular formula is C14H21N3. The highest BCUT2D eigenvalue weighted by Crippen LogP contribution is 2.28. The minimum Gasteiger partial charge on any atom is -0.341 e. The molecule has 3 rings (SSSR count). The van der Waals surface area contributed by atoms with E-state index in [0.717, 1.165) is 37.3 Å². The van der Waals surface area contributed by atoms with Crippen molar-refractivity contribution >= 4 is 5.95 Å². The van der Waals surface area contributed by atoms with E-state index in [1.165, 1.54) is 30.5 Å². The van der Waals surface area contributed by atoms with Crippen LogP contribution in [0.2, 0.25) is 0 Å². The van der Waals surface area contributed by atoms with Crippen molar-refractivity contribution in [3.05, 3.63) is 17.5 Å². The maximum atomic E-state index is 4.74. The van der Waals surface area contributed by atoms with E-state index >= 15 is 0 Å². The largest absolute Gasteiger partial charge is 0.341 e. The van der Waals surface area contributed by atoms with E-state index in [2.05, 4.69) is 23.7 Å². The summed E-state index contributed by atoms with van der Waals surface area (Å²) >= 11 is 0. The van der Waals surface area contributed by atoms with E-state index in [4.69, 9.17) is 4.98 Å². The number of rotatable bonds is 2. The molecule has 0 saturated carbocycles. The average molecular weight is 231 g/mol. The molecule has 1 unspecified atom stereocenters. The predicted octanol–water partition coefficient (Wildman–Crippen LogP) is 2.45. The maximum Gasteiger partial charge on any atom is 0.225 e. The third-order valence-electron chi connectivity index (χ3n) is 4.25. The molecule has 0 aromatic carbocycles. The highest BCUT2D eigenvalue weighted by molar-refractivity contribution is 5.36. The minimum absolute atomic E-state index is 0.773. The lowest BCUT2D eigenvalue weighted by Gasteiger charge is -2.18. The number of nitrogens with zero attached hydrogens (tertiary/aromatic N) is 3. The van der Waals surface area contributed by atoms with Crippen LogP contribution < -0.4 is 4.90 Å². The van der Waals surface area contributed by atoms with Gasteiger partial charge >= 0.3 is 0 Å². The molecule has 1 atom stereocenters. The Balaban J connectivity index is 1.77. The third-order valence-corrected chi connectivity index (χ3v) is 4.25. The highest BCUT2D eigenvalue weighted by Gasteiger charge is 2.27. The summed E-state index contributed by atoms with van der Waals surface area (Å²) in [6, 6.07) is 0. The van der Waals surface area contributed by atoms with Gasteiger partial charge in [0.15, 0.2) is 0 Å². The lowest BCUT2D eigenvalue weighted by atomic mass is 9.95. The van der Waals surface area contributed by atoms with Gasteiger partial charge in [-0.05, 0) is 43.1 Å². The SMILES string of the molecule is CC(C)C1CCN(c2ncc3c(n2)CCC3)C1. The molecule has 0 spiro atoms. The molecular weight excluding hydrogens is 210 g/mol. The average Bonchev–Trinajstić information content (AvgIpc) is 2.97. The summed E-state index contributed by atoms with van der Waals surface area (Å²) in [5.41, 5.74) is 2.66. The summed E-state index contributed by atoms with van der Waals surface area (Å²) in [4.78, 5) is 11.6. The zero-order valence-corrected chi connectivity index (χ0v) is 10.8. The Hall–Kier alpha value is -1.12. The van der Waals surface area contributed by atoms with Crippen LogP contribution >= 0.6 is 0 Å². The molecule has 17 heavy (non-hydrogen) atoms. The monoisotopic (exact) mass is 231 g/mol. The Bertz CT molecular complexity index is 414. The standard InChI is InChI=1S/C14H21N3/c1-10(2)12-6-7-17(9-12)14-15-8-11-4-3-5-13(11)16-14/h8,10,12H,3-7,9H2,1-2H3. The first-order chi connectivity index (χ1) is 8.24. The number of anilines is 1. The highest BCUT2D eigenvalue weighted by atomic mass is 15.3. The Morgan fingerprint density at radius 1 is 1.35 bits per heavy atom. The molecule has 1 saturated heterocycles. The van der Waals surface area contributed by atoms with Crippen LogP contribution in [-0.4, -0.2) is 23.1 Å². The summed E-state index contributed by atoms with van der Waals surface area (Å²) in [5, 5.41) is 0. The summed E-state index contributed by atoms with van der Waals surface area (Å²) in [6.07, 6.45) is 6.91. The minimum atomic E-state index is 0.773. The second kappa shape index (κ2) is 4.28. The molecule has 2 heterocycles. The van der Waals surface area contributed by atoms with Crippen LogP contribution in [0.4, 0.5) is 5.95 Å². The molecule has 0 N–H and O–H groups in total. The molecule has 2 aliphatic rings. The number of fused-ring (bicyclic) bond motifs is 1.